The first kappa shape index (κ1) is 14.5. The fraction of sp³-hybridized carbons (Fsp3) is 0.231. The number of nitrogens with two attached hydrogens (primary N) is 1. The van der Waals surface area contributed by atoms with Gasteiger partial charge in [0, 0.05) is 11.3 Å². The van der Waals surface area contributed by atoms with Crippen molar-refractivity contribution in [2.24, 2.45) is 10.9 Å². The van der Waals surface area contributed by atoms with Crippen LogP contribution >= 0.6 is 15.9 Å². The van der Waals surface area contributed by atoms with Gasteiger partial charge in [0.25, 0.3) is 0 Å². The van der Waals surface area contributed by atoms with Crippen LogP contribution in [-0.2, 0) is 0 Å². The fourth-order valence-electron chi connectivity index (χ4n) is 1.91. The summed E-state index contributed by atoms with van der Waals surface area (Å²) < 4.78 is 16.1. The molecular formula is C13H14BrFN4O. The van der Waals surface area contributed by atoms with E-state index in [1.807, 2.05) is 20.8 Å². The van der Waals surface area contributed by atoms with Crippen LogP contribution < -0.4 is 5.73 Å². The molecule has 0 amide bonds. The molecule has 1 aromatic heterocycles. The van der Waals surface area contributed by atoms with Crippen LogP contribution in [0.4, 0.5) is 4.39 Å². The lowest BCUT2D eigenvalue weighted by Crippen LogP contribution is -2.15. The maximum atomic E-state index is 14.5. The standard InChI is InChI=1S/C13H14BrFN4O/c1-6-7(2)17-19(8(6)3)10-5-4-9(13(16)18-20)11(14)12(10)15/h4-5,20H,1-3H3,(H2,16,18). The van der Waals surface area contributed by atoms with Crippen molar-refractivity contribution < 1.29 is 9.60 Å². The number of oxime groups is 1. The van der Waals surface area contributed by atoms with Gasteiger partial charge in [0.1, 0.15) is 5.69 Å². The van der Waals surface area contributed by atoms with E-state index >= 15 is 0 Å². The zero-order valence-electron chi connectivity index (χ0n) is 11.3. The van der Waals surface area contributed by atoms with Crippen molar-refractivity contribution in [1.29, 1.82) is 0 Å². The third-order valence-corrected chi connectivity index (χ3v) is 4.10. The minimum absolute atomic E-state index is 0.135. The number of halogens is 2. The lowest BCUT2D eigenvalue weighted by Gasteiger charge is -2.10. The number of hydrogen-bond donors (Lipinski definition) is 2. The second kappa shape index (κ2) is 5.24. The Morgan fingerprint density at radius 3 is 2.55 bits per heavy atom. The molecular weight excluding hydrogens is 327 g/mol. The summed E-state index contributed by atoms with van der Waals surface area (Å²) in [5, 5.41) is 15.9. The highest BCUT2D eigenvalue weighted by Gasteiger charge is 2.18. The van der Waals surface area contributed by atoms with Gasteiger partial charge in [-0.05, 0) is 54.4 Å². The second-order valence-electron chi connectivity index (χ2n) is 4.45. The number of aryl methyl sites for hydroxylation is 1. The summed E-state index contributed by atoms with van der Waals surface area (Å²) >= 11 is 3.13. The van der Waals surface area contributed by atoms with Crippen molar-refractivity contribution in [3.8, 4) is 5.69 Å². The molecule has 0 saturated carbocycles. The fourth-order valence-corrected chi connectivity index (χ4v) is 2.45. The monoisotopic (exact) mass is 340 g/mol. The van der Waals surface area contributed by atoms with Crippen molar-refractivity contribution in [3.63, 3.8) is 0 Å². The van der Waals surface area contributed by atoms with Gasteiger partial charge < -0.3 is 10.9 Å². The largest absolute Gasteiger partial charge is 0.409 e. The molecule has 0 radical (unpaired) electrons. The third-order valence-electron chi connectivity index (χ3n) is 3.33. The Kier molecular flexibility index (Phi) is 3.80. The van der Waals surface area contributed by atoms with Gasteiger partial charge in [0.15, 0.2) is 11.7 Å². The van der Waals surface area contributed by atoms with Crippen LogP contribution in [0.3, 0.4) is 0 Å². The van der Waals surface area contributed by atoms with Crippen molar-refractivity contribution in [2.75, 3.05) is 0 Å². The Bertz CT molecular complexity index is 709. The Labute approximate surface area is 124 Å². The van der Waals surface area contributed by atoms with Crippen molar-refractivity contribution in [2.45, 2.75) is 20.8 Å². The minimum Gasteiger partial charge on any atom is -0.409 e. The molecule has 0 aliphatic heterocycles. The highest BCUT2D eigenvalue weighted by molar-refractivity contribution is 9.10. The molecule has 0 bridgehead atoms. The predicted octanol–water partition coefficient (Wildman–Crippen LogP) is 2.79. The Hall–Kier alpha value is -1.89. The van der Waals surface area contributed by atoms with Crippen molar-refractivity contribution in [1.82, 2.24) is 9.78 Å². The lowest BCUT2D eigenvalue weighted by molar-refractivity contribution is 0.318. The number of rotatable bonds is 2. The van der Waals surface area contributed by atoms with Gasteiger partial charge in [-0.15, -0.1) is 0 Å². The first-order valence-electron chi connectivity index (χ1n) is 5.87. The molecule has 0 unspecified atom stereocenters. The number of hydrogen-bond acceptors (Lipinski definition) is 3. The smallest absolute Gasteiger partial charge is 0.171 e. The van der Waals surface area contributed by atoms with Crippen molar-refractivity contribution in [3.05, 3.63) is 44.9 Å². The van der Waals surface area contributed by atoms with Crippen LogP contribution in [0.5, 0.6) is 0 Å². The lowest BCUT2D eigenvalue weighted by atomic mass is 10.1. The predicted molar refractivity (Wildman–Crippen MR) is 77.9 cm³/mol. The molecule has 3 N–H and O–H groups in total. The molecule has 1 heterocycles. The summed E-state index contributed by atoms with van der Waals surface area (Å²) in [5.74, 6) is -0.674. The van der Waals surface area contributed by atoms with E-state index in [4.69, 9.17) is 10.9 Å². The molecule has 2 rings (SSSR count). The molecule has 0 atom stereocenters. The zero-order chi connectivity index (χ0) is 15.0. The van der Waals surface area contributed by atoms with E-state index in [1.54, 1.807) is 16.8 Å². The molecule has 0 aliphatic rings. The van der Waals surface area contributed by atoms with Gasteiger partial charge in [-0.25, -0.2) is 9.07 Å². The van der Waals surface area contributed by atoms with E-state index in [2.05, 4.69) is 26.2 Å². The molecule has 20 heavy (non-hydrogen) atoms. The zero-order valence-corrected chi connectivity index (χ0v) is 12.9. The Morgan fingerprint density at radius 1 is 1.40 bits per heavy atom. The van der Waals surface area contributed by atoms with Crippen LogP contribution in [0, 0.1) is 26.6 Å². The summed E-state index contributed by atoms with van der Waals surface area (Å²) in [5.41, 5.74) is 8.81. The molecule has 0 spiro atoms. The van der Waals surface area contributed by atoms with Crippen LogP contribution in [0.2, 0.25) is 0 Å². The van der Waals surface area contributed by atoms with Gasteiger partial charge >= 0.3 is 0 Å². The van der Waals surface area contributed by atoms with Gasteiger partial charge in [-0.2, -0.15) is 5.10 Å². The first-order valence-corrected chi connectivity index (χ1v) is 6.66. The SMILES string of the molecule is Cc1nn(-c2ccc(/C(N)=N/O)c(Br)c2F)c(C)c1C. The van der Waals surface area contributed by atoms with Gasteiger partial charge in [0.2, 0.25) is 0 Å². The van der Waals surface area contributed by atoms with Gasteiger partial charge in [0.05, 0.1) is 10.2 Å². The summed E-state index contributed by atoms with van der Waals surface area (Å²) in [6.07, 6.45) is 0. The van der Waals surface area contributed by atoms with E-state index < -0.39 is 5.82 Å². The molecule has 2 aromatic rings. The topological polar surface area (TPSA) is 76.4 Å². The molecule has 7 heteroatoms. The molecule has 106 valence electrons. The average Bonchev–Trinajstić information content (AvgIpc) is 2.68. The summed E-state index contributed by atoms with van der Waals surface area (Å²) in [7, 11) is 0. The van der Waals surface area contributed by atoms with Gasteiger partial charge in [-0.3, -0.25) is 0 Å². The van der Waals surface area contributed by atoms with E-state index in [0.29, 0.717) is 5.69 Å². The highest BCUT2D eigenvalue weighted by Crippen LogP contribution is 2.27. The maximum Gasteiger partial charge on any atom is 0.171 e. The molecule has 5 nitrogen and oxygen atoms in total. The quantitative estimate of drug-likeness (QED) is 0.382. The minimum atomic E-state index is -0.514. The van der Waals surface area contributed by atoms with Crippen molar-refractivity contribution >= 4 is 21.8 Å². The van der Waals surface area contributed by atoms with E-state index in [-0.39, 0.29) is 15.9 Å². The van der Waals surface area contributed by atoms with Crippen LogP contribution in [-0.4, -0.2) is 20.8 Å². The number of benzene rings is 1. The number of nitrogens with zero attached hydrogens (tertiary/aromatic N) is 3. The molecule has 0 aliphatic carbocycles. The van der Waals surface area contributed by atoms with E-state index in [9.17, 15) is 4.39 Å². The Balaban J connectivity index is 2.66. The average molecular weight is 341 g/mol. The number of aromatic nitrogens is 2. The third kappa shape index (κ3) is 2.18. The van der Waals surface area contributed by atoms with Crippen LogP contribution in [0.25, 0.3) is 5.69 Å². The van der Waals surface area contributed by atoms with Crippen LogP contribution in [0.1, 0.15) is 22.5 Å². The molecule has 0 saturated heterocycles. The summed E-state index contributed by atoms with van der Waals surface area (Å²) in [6, 6.07) is 3.12. The first-order chi connectivity index (χ1) is 9.38. The number of amidine groups is 1. The van der Waals surface area contributed by atoms with Gasteiger partial charge in [-0.1, -0.05) is 5.16 Å². The Morgan fingerprint density at radius 2 is 2.05 bits per heavy atom. The second-order valence-corrected chi connectivity index (χ2v) is 5.25. The highest BCUT2D eigenvalue weighted by atomic mass is 79.9. The summed E-state index contributed by atoms with van der Waals surface area (Å²) in [4.78, 5) is 0. The molecule has 1 aromatic carbocycles. The van der Waals surface area contributed by atoms with E-state index in [0.717, 1.165) is 17.0 Å². The molecule has 0 fully saturated rings. The van der Waals surface area contributed by atoms with Crippen LogP contribution in [0.15, 0.2) is 21.8 Å². The van der Waals surface area contributed by atoms with E-state index in [1.165, 1.54) is 0 Å². The summed E-state index contributed by atoms with van der Waals surface area (Å²) in [6.45, 7) is 5.68. The maximum absolute atomic E-state index is 14.5. The normalized spacial score (nSPS) is 11.9.